The van der Waals surface area contributed by atoms with Gasteiger partial charge in [0.2, 0.25) is 0 Å². The second-order valence-corrected chi connectivity index (χ2v) is 5.18. The molecule has 1 aromatic carbocycles. The SMILES string of the molecule is CCOC(CC)(CC)C(Cc1ccccc1C)NC. The number of aryl methyl sites for hydroxylation is 1. The third-order valence-corrected chi connectivity index (χ3v) is 4.30. The van der Waals surface area contributed by atoms with Crippen molar-refractivity contribution in [1.29, 1.82) is 0 Å². The number of benzene rings is 1. The van der Waals surface area contributed by atoms with Crippen molar-refractivity contribution in [3.63, 3.8) is 0 Å². The van der Waals surface area contributed by atoms with E-state index in [9.17, 15) is 0 Å². The number of nitrogens with one attached hydrogen (secondary N) is 1. The second-order valence-electron chi connectivity index (χ2n) is 5.18. The topological polar surface area (TPSA) is 21.3 Å². The Morgan fingerprint density at radius 2 is 1.79 bits per heavy atom. The number of hydrogen-bond donors (Lipinski definition) is 1. The highest BCUT2D eigenvalue weighted by atomic mass is 16.5. The molecule has 1 unspecified atom stereocenters. The summed E-state index contributed by atoms with van der Waals surface area (Å²) >= 11 is 0. The van der Waals surface area contributed by atoms with E-state index in [2.05, 4.69) is 57.3 Å². The molecule has 0 fully saturated rings. The van der Waals surface area contributed by atoms with E-state index in [0.717, 1.165) is 25.9 Å². The van der Waals surface area contributed by atoms with Crippen molar-refractivity contribution in [3.05, 3.63) is 35.4 Å². The third-order valence-electron chi connectivity index (χ3n) is 4.30. The van der Waals surface area contributed by atoms with Crippen LogP contribution in [-0.4, -0.2) is 25.3 Å². The third kappa shape index (κ3) is 3.80. The average molecular weight is 263 g/mol. The van der Waals surface area contributed by atoms with Gasteiger partial charge in [-0.15, -0.1) is 0 Å². The molecule has 1 rings (SSSR count). The number of hydrogen-bond acceptors (Lipinski definition) is 2. The van der Waals surface area contributed by atoms with Crippen LogP contribution in [0.4, 0.5) is 0 Å². The molecular weight excluding hydrogens is 234 g/mol. The van der Waals surface area contributed by atoms with Gasteiger partial charge in [0, 0.05) is 12.6 Å². The predicted molar refractivity (Wildman–Crippen MR) is 82.7 cm³/mol. The first kappa shape index (κ1) is 16.2. The lowest BCUT2D eigenvalue weighted by Crippen LogP contribution is -2.52. The standard InChI is InChI=1S/C17H29NO/c1-6-17(7-2,19-8-3)16(18-5)13-15-12-10-9-11-14(15)4/h9-12,16,18H,6-8,13H2,1-5H3. The number of likely N-dealkylation sites (N-methyl/N-ethyl adjacent to an activating group) is 1. The molecule has 0 spiro atoms. The maximum atomic E-state index is 6.13. The van der Waals surface area contributed by atoms with Gasteiger partial charge in [0.05, 0.1) is 5.60 Å². The highest BCUT2D eigenvalue weighted by Gasteiger charge is 2.35. The molecule has 2 nitrogen and oxygen atoms in total. The first-order chi connectivity index (χ1) is 9.13. The molecule has 0 aliphatic heterocycles. The Kier molecular flexibility index (Phi) is 6.53. The summed E-state index contributed by atoms with van der Waals surface area (Å²) in [6.45, 7) is 9.49. The fourth-order valence-electron chi connectivity index (χ4n) is 2.95. The van der Waals surface area contributed by atoms with E-state index in [1.54, 1.807) is 0 Å². The fourth-order valence-corrected chi connectivity index (χ4v) is 2.95. The summed E-state index contributed by atoms with van der Waals surface area (Å²) in [5.41, 5.74) is 2.71. The van der Waals surface area contributed by atoms with Gasteiger partial charge in [0.15, 0.2) is 0 Å². The monoisotopic (exact) mass is 263 g/mol. The highest BCUT2D eigenvalue weighted by Crippen LogP contribution is 2.28. The van der Waals surface area contributed by atoms with Gasteiger partial charge < -0.3 is 10.1 Å². The van der Waals surface area contributed by atoms with Crippen molar-refractivity contribution < 1.29 is 4.74 Å². The summed E-state index contributed by atoms with van der Waals surface area (Å²) in [6, 6.07) is 8.98. The van der Waals surface area contributed by atoms with Crippen molar-refractivity contribution in [3.8, 4) is 0 Å². The van der Waals surface area contributed by atoms with Crippen LogP contribution in [0.1, 0.15) is 44.7 Å². The zero-order chi connectivity index (χ0) is 14.3. The van der Waals surface area contributed by atoms with E-state index in [4.69, 9.17) is 4.74 Å². The Hall–Kier alpha value is -0.860. The average Bonchev–Trinajstić information content (AvgIpc) is 2.44. The van der Waals surface area contributed by atoms with E-state index in [-0.39, 0.29) is 5.60 Å². The highest BCUT2D eigenvalue weighted by molar-refractivity contribution is 5.27. The molecule has 0 aromatic heterocycles. The van der Waals surface area contributed by atoms with Gasteiger partial charge in [-0.25, -0.2) is 0 Å². The maximum Gasteiger partial charge on any atom is 0.0832 e. The minimum absolute atomic E-state index is 0.0637. The smallest absolute Gasteiger partial charge is 0.0832 e. The molecule has 1 aromatic rings. The maximum absolute atomic E-state index is 6.13. The molecule has 1 atom stereocenters. The van der Waals surface area contributed by atoms with Gasteiger partial charge in [-0.3, -0.25) is 0 Å². The van der Waals surface area contributed by atoms with Crippen LogP contribution in [0.3, 0.4) is 0 Å². The summed E-state index contributed by atoms with van der Waals surface area (Å²) in [5, 5.41) is 3.48. The van der Waals surface area contributed by atoms with Crippen LogP contribution in [0.2, 0.25) is 0 Å². The zero-order valence-electron chi connectivity index (χ0n) is 13.1. The molecule has 2 heteroatoms. The lowest BCUT2D eigenvalue weighted by Gasteiger charge is -2.39. The van der Waals surface area contributed by atoms with Crippen LogP contribution < -0.4 is 5.32 Å². The lowest BCUT2D eigenvalue weighted by molar-refractivity contribution is -0.0703. The fraction of sp³-hybridized carbons (Fsp3) is 0.647. The molecule has 0 bridgehead atoms. The van der Waals surface area contributed by atoms with Gasteiger partial charge in [-0.05, 0) is 51.3 Å². The van der Waals surface area contributed by atoms with E-state index in [1.807, 2.05) is 7.05 Å². The molecule has 0 saturated carbocycles. The molecule has 19 heavy (non-hydrogen) atoms. The quantitative estimate of drug-likeness (QED) is 0.772. The van der Waals surface area contributed by atoms with E-state index >= 15 is 0 Å². The van der Waals surface area contributed by atoms with Crippen LogP contribution in [-0.2, 0) is 11.2 Å². The van der Waals surface area contributed by atoms with Crippen LogP contribution in [0.5, 0.6) is 0 Å². The van der Waals surface area contributed by atoms with Gasteiger partial charge in [-0.1, -0.05) is 38.1 Å². The zero-order valence-corrected chi connectivity index (χ0v) is 13.1. The summed E-state index contributed by atoms with van der Waals surface area (Å²) in [5.74, 6) is 0. The van der Waals surface area contributed by atoms with Crippen LogP contribution >= 0.6 is 0 Å². The Morgan fingerprint density at radius 1 is 1.16 bits per heavy atom. The van der Waals surface area contributed by atoms with Gasteiger partial charge in [-0.2, -0.15) is 0 Å². The Bertz CT molecular complexity index is 371. The lowest BCUT2D eigenvalue weighted by atomic mass is 9.83. The minimum Gasteiger partial charge on any atom is -0.374 e. The molecule has 0 heterocycles. The van der Waals surface area contributed by atoms with Crippen LogP contribution in [0, 0.1) is 6.92 Å². The van der Waals surface area contributed by atoms with Crippen molar-refractivity contribution >= 4 is 0 Å². The summed E-state index contributed by atoms with van der Waals surface area (Å²) < 4.78 is 6.13. The van der Waals surface area contributed by atoms with Crippen LogP contribution in [0.25, 0.3) is 0 Å². The molecule has 0 amide bonds. The normalized spacial score (nSPS) is 13.5. The molecule has 0 aliphatic rings. The molecule has 108 valence electrons. The van der Waals surface area contributed by atoms with E-state index in [1.165, 1.54) is 11.1 Å². The summed E-state index contributed by atoms with van der Waals surface area (Å²) in [7, 11) is 2.04. The van der Waals surface area contributed by atoms with E-state index in [0.29, 0.717) is 6.04 Å². The molecule has 0 saturated heterocycles. The number of rotatable bonds is 8. The predicted octanol–water partition coefficient (Wildman–Crippen LogP) is 3.72. The molecule has 0 radical (unpaired) electrons. The Morgan fingerprint density at radius 3 is 2.26 bits per heavy atom. The minimum atomic E-state index is -0.0637. The summed E-state index contributed by atoms with van der Waals surface area (Å²) in [4.78, 5) is 0. The molecular formula is C17H29NO. The largest absolute Gasteiger partial charge is 0.374 e. The Balaban J connectivity index is 2.95. The first-order valence-corrected chi connectivity index (χ1v) is 7.49. The van der Waals surface area contributed by atoms with Crippen molar-refractivity contribution in [2.24, 2.45) is 0 Å². The summed E-state index contributed by atoms with van der Waals surface area (Å²) in [6.07, 6.45) is 3.09. The first-order valence-electron chi connectivity index (χ1n) is 7.49. The van der Waals surface area contributed by atoms with E-state index < -0.39 is 0 Å². The van der Waals surface area contributed by atoms with Crippen molar-refractivity contribution in [2.45, 2.75) is 58.6 Å². The van der Waals surface area contributed by atoms with Gasteiger partial charge in [0.25, 0.3) is 0 Å². The molecule has 0 aliphatic carbocycles. The van der Waals surface area contributed by atoms with Gasteiger partial charge in [0.1, 0.15) is 0 Å². The van der Waals surface area contributed by atoms with Gasteiger partial charge >= 0.3 is 0 Å². The number of ether oxygens (including phenoxy) is 1. The second kappa shape index (κ2) is 7.66. The van der Waals surface area contributed by atoms with Crippen LogP contribution in [0.15, 0.2) is 24.3 Å². The van der Waals surface area contributed by atoms with Crippen molar-refractivity contribution in [2.75, 3.05) is 13.7 Å². The van der Waals surface area contributed by atoms with Crippen molar-refractivity contribution in [1.82, 2.24) is 5.32 Å². The molecule has 1 N–H and O–H groups in total. The Labute approximate surface area is 118 Å².